The van der Waals surface area contributed by atoms with Crippen LogP contribution in [0.5, 0.6) is 17.2 Å². The van der Waals surface area contributed by atoms with Crippen LogP contribution in [0, 0.1) is 0 Å². The van der Waals surface area contributed by atoms with Crippen LogP contribution in [0.4, 0.5) is 26.3 Å². The Morgan fingerprint density at radius 2 is 0.982 bits per heavy atom. The molecule has 19 heteroatoms. The average Bonchev–Trinajstić information content (AvgIpc) is 3.10. The predicted octanol–water partition coefficient (Wildman–Crippen LogP) is 9.86. The molecule has 0 saturated heterocycles. The molecule has 0 fully saturated rings. The molecule has 0 bridgehead atoms. The number of hydrogen-bond acceptors (Lipinski definition) is 8. The van der Waals surface area contributed by atoms with Gasteiger partial charge in [0.05, 0.1) is 14.7 Å². The number of hydrogen-bond donors (Lipinski definition) is 2. The topological polar surface area (TPSA) is 161 Å². The zero-order chi connectivity index (χ0) is 43.2. The third kappa shape index (κ3) is 8.96. The molecular weight excluding hydrogens is 827 g/mol. The first-order chi connectivity index (χ1) is 26.0. The lowest BCUT2D eigenvalue weighted by atomic mass is 9.73. The van der Waals surface area contributed by atoms with Crippen molar-refractivity contribution in [2.45, 2.75) is 109 Å². The fourth-order valence-corrected chi connectivity index (χ4v) is 9.11. The van der Waals surface area contributed by atoms with Crippen molar-refractivity contribution in [2.75, 3.05) is 0 Å². The summed E-state index contributed by atoms with van der Waals surface area (Å²) < 4.78 is 197. The number of rotatable bonds is 14. The Bertz CT molecular complexity index is 2430. The molecule has 0 saturated carbocycles. The molecule has 4 rings (SSSR count). The summed E-state index contributed by atoms with van der Waals surface area (Å²) in [4.78, 5) is -3.34. The lowest BCUT2D eigenvalue weighted by molar-refractivity contribution is -0.288. The normalized spacial score (nSPS) is 13.7. The largest absolute Gasteiger partial charge is 0.488 e. The van der Waals surface area contributed by atoms with Gasteiger partial charge in [0.15, 0.2) is 0 Å². The lowest BCUT2D eigenvalue weighted by Gasteiger charge is -2.38. The molecule has 0 amide bonds. The van der Waals surface area contributed by atoms with Gasteiger partial charge in [0.1, 0.15) is 27.7 Å². The second-order valence-electron chi connectivity index (χ2n) is 14.1. The van der Waals surface area contributed by atoms with Gasteiger partial charge in [-0.3, -0.25) is 9.11 Å². The van der Waals surface area contributed by atoms with Crippen molar-refractivity contribution in [1.82, 2.24) is 0 Å². The van der Waals surface area contributed by atoms with Crippen LogP contribution in [0.15, 0.2) is 105 Å². The summed E-state index contributed by atoms with van der Waals surface area (Å²) in [7, 11) is -15.1. The molecule has 0 aromatic heterocycles. The smallest absolute Gasteiger partial charge is 0.411 e. The summed E-state index contributed by atoms with van der Waals surface area (Å²) in [5.74, 6) is -1.25. The Kier molecular flexibility index (Phi) is 12.4. The molecule has 2 N–H and O–H groups in total. The van der Waals surface area contributed by atoms with Gasteiger partial charge in [0, 0.05) is 0 Å². The van der Waals surface area contributed by atoms with Crippen LogP contribution in [0.25, 0.3) is 0 Å². The van der Waals surface area contributed by atoms with Gasteiger partial charge in [-0.2, -0.15) is 43.2 Å². The summed E-state index contributed by atoms with van der Waals surface area (Å²) >= 11 is 0. The zero-order valence-electron chi connectivity index (χ0n) is 31.4. The summed E-state index contributed by atoms with van der Waals surface area (Å²) in [5.41, 5.74) is -8.43. The van der Waals surface area contributed by atoms with Gasteiger partial charge in [-0.15, -0.1) is 0 Å². The molecular formula is C38H40F6O10S3. The molecule has 0 aliphatic rings. The highest BCUT2D eigenvalue weighted by Gasteiger charge is 2.72. The van der Waals surface area contributed by atoms with Gasteiger partial charge in [0.25, 0.3) is 20.2 Å². The summed E-state index contributed by atoms with van der Waals surface area (Å²) in [6, 6.07) is 10.6. The van der Waals surface area contributed by atoms with E-state index in [2.05, 4.69) is 0 Å². The number of benzene rings is 4. The Balaban J connectivity index is 1.79. The molecule has 4 aromatic carbocycles. The summed E-state index contributed by atoms with van der Waals surface area (Å²) in [6.07, 6.45) is -10.6. The van der Waals surface area contributed by atoms with Crippen molar-refractivity contribution in [3.05, 3.63) is 102 Å². The second kappa shape index (κ2) is 15.5. The van der Waals surface area contributed by atoms with Gasteiger partial charge < -0.3 is 9.47 Å². The van der Waals surface area contributed by atoms with E-state index in [1.54, 1.807) is 41.5 Å². The molecule has 0 atom stereocenters. The van der Waals surface area contributed by atoms with Crippen LogP contribution in [0.3, 0.4) is 0 Å². The molecule has 312 valence electrons. The van der Waals surface area contributed by atoms with E-state index in [9.17, 15) is 60.7 Å². The van der Waals surface area contributed by atoms with Crippen molar-refractivity contribution in [3.8, 4) is 17.2 Å². The molecule has 57 heavy (non-hydrogen) atoms. The third-order valence-corrected chi connectivity index (χ3v) is 13.7. The highest BCUT2D eigenvalue weighted by Crippen LogP contribution is 2.56. The van der Waals surface area contributed by atoms with E-state index < -0.39 is 101 Å². The van der Waals surface area contributed by atoms with Gasteiger partial charge in [-0.1, -0.05) is 58.0 Å². The fraction of sp³-hybridized carbons (Fsp3) is 0.368. The van der Waals surface area contributed by atoms with Crippen LogP contribution >= 0.6 is 0 Å². The number of alkyl halides is 6. The maximum absolute atomic E-state index is 14.8. The Morgan fingerprint density at radius 1 is 0.561 bits per heavy atom. The van der Waals surface area contributed by atoms with Gasteiger partial charge in [-0.25, -0.2) is 8.42 Å². The first-order valence-corrected chi connectivity index (χ1v) is 21.5. The van der Waals surface area contributed by atoms with E-state index in [1.165, 1.54) is 6.07 Å². The number of sulfone groups is 1. The standard InChI is InChI=1S/C38H40F6O10S3/c1-7-34(4,5)54-27-16-12-25(13-17-27)36(37(39,40)41,38(42,43)44)24-10-14-26(15-11-24)53-31-21-19-29(23-33(31)57(50,51)52)55(45,46)28-18-20-30(35(6,8-2)9-3)32(22-28)56(47,48)49/h10-23H,7-9H2,1-6H3,(H,47,48,49)(H,50,51,52). The quantitative estimate of drug-likeness (QED) is 0.0922. The van der Waals surface area contributed by atoms with E-state index in [1.807, 2.05) is 0 Å². The number of halogens is 6. The van der Waals surface area contributed by atoms with Crippen LogP contribution in [-0.4, -0.2) is 52.3 Å². The molecule has 10 nitrogen and oxygen atoms in total. The Morgan fingerprint density at radius 3 is 1.39 bits per heavy atom. The minimum atomic E-state index is -5.94. The minimum Gasteiger partial charge on any atom is -0.488 e. The highest BCUT2D eigenvalue weighted by atomic mass is 32.2. The van der Waals surface area contributed by atoms with Gasteiger partial charge in [-0.05, 0) is 110 Å². The third-order valence-electron chi connectivity index (χ3n) is 10.2. The molecule has 4 aromatic rings. The Labute approximate surface area is 327 Å². The van der Waals surface area contributed by atoms with E-state index in [0.29, 0.717) is 67.8 Å². The first-order valence-electron chi connectivity index (χ1n) is 17.2. The zero-order valence-corrected chi connectivity index (χ0v) is 33.8. The molecule has 0 aliphatic carbocycles. The van der Waals surface area contributed by atoms with Crippen LogP contribution in [-0.2, 0) is 40.9 Å². The maximum atomic E-state index is 14.8. The maximum Gasteiger partial charge on any atom is 0.411 e. The molecule has 0 heterocycles. The van der Waals surface area contributed by atoms with Crippen LogP contribution in [0.1, 0.15) is 77.5 Å². The minimum absolute atomic E-state index is 0.0355. The monoisotopic (exact) mass is 866 g/mol. The number of ether oxygens (including phenoxy) is 2. The Hall–Kier alpha value is -4.17. The van der Waals surface area contributed by atoms with Crippen molar-refractivity contribution in [3.63, 3.8) is 0 Å². The van der Waals surface area contributed by atoms with E-state index in [0.717, 1.165) is 30.3 Å². The van der Waals surface area contributed by atoms with Crippen LogP contribution in [0.2, 0.25) is 0 Å². The second-order valence-corrected chi connectivity index (χ2v) is 18.8. The lowest BCUT2D eigenvalue weighted by Crippen LogP contribution is -2.54. The van der Waals surface area contributed by atoms with Gasteiger partial charge in [0.2, 0.25) is 15.3 Å². The average molecular weight is 867 g/mol. The molecule has 0 aliphatic heterocycles. The summed E-state index contributed by atoms with van der Waals surface area (Å²) in [5, 5.41) is 0. The van der Waals surface area contributed by atoms with Crippen molar-refractivity contribution in [2.24, 2.45) is 0 Å². The molecule has 0 unspecified atom stereocenters. The van der Waals surface area contributed by atoms with Crippen molar-refractivity contribution in [1.29, 1.82) is 0 Å². The molecule has 0 spiro atoms. The fourth-order valence-electron chi connectivity index (χ4n) is 6.14. The van der Waals surface area contributed by atoms with Gasteiger partial charge >= 0.3 is 12.4 Å². The highest BCUT2D eigenvalue weighted by molar-refractivity contribution is 7.91. The molecule has 0 radical (unpaired) electrons. The van der Waals surface area contributed by atoms with Crippen LogP contribution < -0.4 is 9.47 Å². The van der Waals surface area contributed by atoms with E-state index in [4.69, 9.17) is 9.47 Å². The first kappa shape index (κ1) is 45.5. The van der Waals surface area contributed by atoms with Crippen molar-refractivity contribution < 1.29 is 70.2 Å². The van der Waals surface area contributed by atoms with Crippen molar-refractivity contribution >= 4 is 30.1 Å². The summed E-state index contributed by atoms with van der Waals surface area (Å²) in [6.45, 7) is 10.4. The SMILES string of the molecule is CCC(C)(C)Oc1ccc(C(c2ccc(Oc3ccc(S(=O)(=O)c4ccc(C(C)(CC)CC)c(S(=O)(=O)O)c4)cc3S(=O)(=O)O)cc2)(C(F)(F)F)C(F)(F)F)cc1. The van der Waals surface area contributed by atoms with E-state index >= 15 is 0 Å². The van der Waals surface area contributed by atoms with E-state index in [-0.39, 0.29) is 11.3 Å². The predicted molar refractivity (Wildman–Crippen MR) is 197 cm³/mol.